The number of fused-ring (bicyclic) bond motifs is 2. The van der Waals surface area contributed by atoms with Crippen molar-refractivity contribution in [3.63, 3.8) is 0 Å². The zero-order valence-corrected chi connectivity index (χ0v) is 20.6. The van der Waals surface area contributed by atoms with Gasteiger partial charge < -0.3 is 26.1 Å². The van der Waals surface area contributed by atoms with E-state index in [2.05, 4.69) is 22.9 Å². The highest BCUT2D eigenvalue weighted by atomic mass is 19.1. The standard InChI is InChI=1S/C26H36FN5O3/c1-3-19(28)22(29)24(33)32-23(16-6-4-15(2)5-7-16)25(34)31-17-12-18(27)21-20(13-17)30-14-26(21)8-10-35-11-9-26/h12-13,15-16,23,28-30H,3-11,14H2,1-2H3,(H,31,34)(H,32,33)/t15?,16?,23-/m0/s1. The summed E-state index contributed by atoms with van der Waals surface area (Å²) in [6, 6.07) is 2.26. The number of anilines is 2. The van der Waals surface area contributed by atoms with Crippen molar-refractivity contribution in [2.24, 2.45) is 11.8 Å². The topological polar surface area (TPSA) is 127 Å². The molecule has 1 saturated heterocycles. The lowest BCUT2D eigenvalue weighted by Crippen LogP contribution is -2.52. The van der Waals surface area contributed by atoms with Gasteiger partial charge >= 0.3 is 0 Å². The van der Waals surface area contributed by atoms with Crippen LogP contribution in [0.25, 0.3) is 0 Å². The zero-order valence-electron chi connectivity index (χ0n) is 20.6. The number of carbonyl (C=O) groups excluding carboxylic acids is 2. The van der Waals surface area contributed by atoms with Crippen molar-refractivity contribution in [1.82, 2.24) is 5.32 Å². The Morgan fingerprint density at radius 2 is 1.89 bits per heavy atom. The summed E-state index contributed by atoms with van der Waals surface area (Å²) in [6.45, 7) is 5.73. The molecular weight excluding hydrogens is 449 g/mol. The van der Waals surface area contributed by atoms with Crippen molar-refractivity contribution < 1.29 is 18.7 Å². The second-order valence-corrected chi connectivity index (χ2v) is 10.3. The molecule has 35 heavy (non-hydrogen) atoms. The first-order valence-electron chi connectivity index (χ1n) is 12.7. The highest BCUT2D eigenvalue weighted by molar-refractivity contribution is 6.65. The largest absolute Gasteiger partial charge is 0.384 e. The second-order valence-electron chi connectivity index (χ2n) is 10.3. The van der Waals surface area contributed by atoms with Gasteiger partial charge in [-0.2, -0.15) is 0 Å². The minimum Gasteiger partial charge on any atom is -0.384 e. The fourth-order valence-corrected chi connectivity index (χ4v) is 5.66. The van der Waals surface area contributed by atoms with E-state index in [-0.39, 0.29) is 29.3 Å². The summed E-state index contributed by atoms with van der Waals surface area (Å²) in [6.07, 6.45) is 5.24. The third-order valence-corrected chi connectivity index (χ3v) is 7.94. The van der Waals surface area contributed by atoms with Crippen LogP contribution in [0.2, 0.25) is 0 Å². The van der Waals surface area contributed by atoms with Gasteiger partial charge in [0, 0.05) is 42.1 Å². The van der Waals surface area contributed by atoms with Crippen LogP contribution < -0.4 is 16.0 Å². The highest BCUT2D eigenvalue weighted by Crippen LogP contribution is 2.46. The van der Waals surface area contributed by atoms with Crippen LogP contribution in [0, 0.1) is 28.5 Å². The molecule has 0 unspecified atom stereocenters. The van der Waals surface area contributed by atoms with Crippen molar-refractivity contribution in [2.45, 2.75) is 70.3 Å². The molecule has 3 aliphatic rings. The van der Waals surface area contributed by atoms with Crippen molar-refractivity contribution in [3.05, 3.63) is 23.5 Å². The summed E-state index contributed by atoms with van der Waals surface area (Å²) < 4.78 is 20.8. The molecule has 5 N–H and O–H groups in total. The Bertz CT molecular complexity index is 1010. The fraction of sp³-hybridized carbons (Fsp3) is 0.615. The number of ether oxygens (including phenoxy) is 1. The van der Waals surface area contributed by atoms with Gasteiger partial charge in [0.25, 0.3) is 5.91 Å². The van der Waals surface area contributed by atoms with Crippen LogP contribution in [0.1, 0.15) is 64.4 Å². The van der Waals surface area contributed by atoms with E-state index in [9.17, 15) is 9.59 Å². The van der Waals surface area contributed by atoms with Gasteiger partial charge in [-0.1, -0.05) is 26.7 Å². The summed E-state index contributed by atoms with van der Waals surface area (Å²) in [5, 5.41) is 24.6. The molecular formula is C26H36FN5O3. The van der Waals surface area contributed by atoms with E-state index in [1.54, 1.807) is 13.0 Å². The Balaban J connectivity index is 1.53. The molecule has 1 saturated carbocycles. The monoisotopic (exact) mass is 485 g/mol. The van der Waals surface area contributed by atoms with Gasteiger partial charge in [-0.25, -0.2) is 4.39 Å². The quantitative estimate of drug-likeness (QED) is 0.374. The van der Waals surface area contributed by atoms with Gasteiger partial charge in [0.15, 0.2) is 0 Å². The summed E-state index contributed by atoms with van der Waals surface area (Å²) in [7, 11) is 0. The fourth-order valence-electron chi connectivity index (χ4n) is 5.66. The number of halogens is 1. The first kappa shape index (κ1) is 25.3. The Kier molecular flexibility index (Phi) is 7.54. The lowest BCUT2D eigenvalue weighted by Gasteiger charge is -2.33. The molecule has 2 heterocycles. The lowest BCUT2D eigenvalue weighted by molar-refractivity contribution is -0.124. The normalized spacial score (nSPS) is 23.6. The molecule has 2 aliphatic heterocycles. The van der Waals surface area contributed by atoms with Crippen LogP contribution in [-0.2, 0) is 19.7 Å². The molecule has 0 bridgehead atoms. The van der Waals surface area contributed by atoms with Crippen LogP contribution >= 0.6 is 0 Å². The molecule has 1 atom stereocenters. The molecule has 9 heteroatoms. The van der Waals surface area contributed by atoms with Crippen molar-refractivity contribution in [3.8, 4) is 0 Å². The number of amides is 2. The van der Waals surface area contributed by atoms with Crippen molar-refractivity contribution in [1.29, 1.82) is 10.8 Å². The summed E-state index contributed by atoms with van der Waals surface area (Å²) in [5.74, 6) is -1.02. The minimum absolute atomic E-state index is 0.0762. The molecule has 0 radical (unpaired) electrons. The average Bonchev–Trinajstić information content (AvgIpc) is 3.20. The first-order valence-corrected chi connectivity index (χ1v) is 12.7. The maximum absolute atomic E-state index is 15.3. The third-order valence-electron chi connectivity index (χ3n) is 7.94. The maximum atomic E-state index is 15.3. The van der Waals surface area contributed by atoms with E-state index in [1.165, 1.54) is 6.07 Å². The molecule has 1 aliphatic carbocycles. The van der Waals surface area contributed by atoms with E-state index >= 15 is 4.39 Å². The number of benzene rings is 1. The average molecular weight is 486 g/mol. The van der Waals surface area contributed by atoms with E-state index in [0.29, 0.717) is 42.6 Å². The summed E-state index contributed by atoms with van der Waals surface area (Å²) >= 11 is 0. The van der Waals surface area contributed by atoms with E-state index in [0.717, 1.165) is 38.5 Å². The number of nitrogens with one attached hydrogen (secondary N) is 5. The molecule has 2 amide bonds. The lowest BCUT2D eigenvalue weighted by atomic mass is 9.75. The molecule has 1 aromatic rings. The van der Waals surface area contributed by atoms with Crippen LogP contribution in [-0.4, -0.2) is 49.0 Å². The van der Waals surface area contributed by atoms with Gasteiger partial charge in [-0.3, -0.25) is 15.0 Å². The molecule has 190 valence electrons. The smallest absolute Gasteiger partial charge is 0.271 e. The number of carbonyl (C=O) groups is 2. The van der Waals surface area contributed by atoms with Crippen molar-refractivity contribution in [2.75, 3.05) is 30.4 Å². The third kappa shape index (κ3) is 5.24. The molecule has 8 nitrogen and oxygen atoms in total. The Morgan fingerprint density at radius 3 is 2.54 bits per heavy atom. The zero-order chi connectivity index (χ0) is 25.2. The first-order chi connectivity index (χ1) is 16.7. The van der Waals surface area contributed by atoms with Crippen LogP contribution in [0.4, 0.5) is 15.8 Å². The van der Waals surface area contributed by atoms with Gasteiger partial charge in [0.05, 0.1) is 5.71 Å². The SMILES string of the molecule is CCC(=N)C(=N)C(=O)N[C@H](C(=O)Nc1cc(F)c2c(c1)NCC21CCOCC1)C1CCC(C)CC1. The predicted molar refractivity (Wildman–Crippen MR) is 134 cm³/mol. The number of rotatable bonds is 7. The summed E-state index contributed by atoms with van der Waals surface area (Å²) in [5.41, 5.74) is 0.905. The Hall–Kier alpha value is -2.81. The minimum atomic E-state index is -0.855. The number of hydrogen-bond donors (Lipinski definition) is 5. The summed E-state index contributed by atoms with van der Waals surface area (Å²) in [4.78, 5) is 26.0. The van der Waals surface area contributed by atoms with Crippen LogP contribution in [0.5, 0.6) is 0 Å². The Morgan fingerprint density at radius 1 is 1.20 bits per heavy atom. The van der Waals surface area contributed by atoms with Gasteiger partial charge in [0.2, 0.25) is 5.91 Å². The highest BCUT2D eigenvalue weighted by Gasteiger charge is 2.43. The van der Waals surface area contributed by atoms with Crippen molar-refractivity contribution >= 4 is 34.6 Å². The molecule has 1 spiro atoms. The predicted octanol–water partition coefficient (Wildman–Crippen LogP) is 4.00. The van der Waals surface area contributed by atoms with Gasteiger partial charge in [0.1, 0.15) is 17.6 Å². The van der Waals surface area contributed by atoms with E-state index in [4.69, 9.17) is 15.6 Å². The number of hydrogen-bond acceptors (Lipinski definition) is 6. The maximum Gasteiger partial charge on any atom is 0.271 e. The van der Waals surface area contributed by atoms with Crippen LogP contribution in [0.15, 0.2) is 12.1 Å². The van der Waals surface area contributed by atoms with Gasteiger partial charge in [-0.15, -0.1) is 0 Å². The van der Waals surface area contributed by atoms with E-state index in [1.807, 2.05) is 0 Å². The van der Waals surface area contributed by atoms with E-state index < -0.39 is 23.6 Å². The molecule has 0 aromatic heterocycles. The van der Waals surface area contributed by atoms with Crippen LogP contribution in [0.3, 0.4) is 0 Å². The van der Waals surface area contributed by atoms with Gasteiger partial charge in [-0.05, 0) is 56.1 Å². The molecule has 1 aromatic carbocycles. The second kappa shape index (κ2) is 10.4. The Labute approximate surface area is 205 Å². The molecule has 4 rings (SSSR count). The molecule has 2 fully saturated rings.